The molecule has 2 rings (SSSR count). The number of hydrogen-bond acceptors (Lipinski definition) is 5. The van der Waals surface area contributed by atoms with Crippen LogP contribution in [0.1, 0.15) is 20.3 Å². The minimum atomic E-state index is -4.11. The lowest BCUT2D eigenvalue weighted by atomic mass is 10.2. The number of nitrogens with one attached hydrogen (secondary N) is 3. The fourth-order valence-electron chi connectivity index (χ4n) is 2.80. The fourth-order valence-corrected chi connectivity index (χ4v) is 4.54. The molecule has 0 spiro atoms. The van der Waals surface area contributed by atoms with E-state index >= 15 is 0 Å². The van der Waals surface area contributed by atoms with Crippen LogP contribution in [0.15, 0.2) is 30.3 Å². The van der Waals surface area contributed by atoms with Gasteiger partial charge in [-0.05, 0) is 72.8 Å². The van der Waals surface area contributed by atoms with Crippen LogP contribution in [0, 0.1) is 21.0 Å². The molecule has 0 saturated carbocycles. The summed E-state index contributed by atoms with van der Waals surface area (Å²) >= 11 is 1.90. The summed E-state index contributed by atoms with van der Waals surface area (Å²) in [6, 6.07) is 5.86. The van der Waals surface area contributed by atoms with Crippen LogP contribution in [0.25, 0.3) is 0 Å². The van der Waals surface area contributed by atoms with E-state index in [1.165, 1.54) is 12.1 Å². The van der Waals surface area contributed by atoms with Crippen molar-refractivity contribution in [3.63, 3.8) is 0 Å². The highest BCUT2D eigenvalue weighted by atomic mass is 127. The first-order valence-corrected chi connectivity index (χ1v) is 12.4. The van der Waals surface area contributed by atoms with Crippen molar-refractivity contribution in [2.75, 3.05) is 36.3 Å². The number of benzene rings is 2. The second-order valence-corrected chi connectivity index (χ2v) is 9.94. The molecule has 0 fully saturated rings. The van der Waals surface area contributed by atoms with E-state index < -0.39 is 33.3 Å². The summed E-state index contributed by atoms with van der Waals surface area (Å²) < 4.78 is 72.4. The molecule has 0 aromatic heterocycles. The highest BCUT2D eigenvalue weighted by Crippen LogP contribution is 2.32. The molecule has 1 unspecified atom stereocenters. The van der Waals surface area contributed by atoms with Crippen molar-refractivity contribution >= 4 is 49.9 Å². The normalized spacial score (nSPS) is 12.8. The maximum atomic E-state index is 14.5. The topological polar surface area (TPSA) is 93.7 Å². The zero-order chi connectivity index (χ0) is 23.9. The molecule has 0 aliphatic heterocycles. The summed E-state index contributed by atoms with van der Waals surface area (Å²) in [6.07, 6.45) is 0.468. The highest BCUT2D eigenvalue weighted by molar-refractivity contribution is 14.1. The minimum Gasteiger partial charge on any atom is -0.395 e. The molecular formula is C20H26F3IN4O3S. The molecule has 0 heterocycles. The Morgan fingerprint density at radius 3 is 2.44 bits per heavy atom. The van der Waals surface area contributed by atoms with E-state index in [2.05, 4.69) is 15.4 Å². The van der Waals surface area contributed by atoms with Gasteiger partial charge in [-0.25, -0.2) is 13.2 Å². The second-order valence-electron chi connectivity index (χ2n) is 7.02. The molecule has 0 aliphatic carbocycles. The number of aliphatic hydroxyl groups is 1. The van der Waals surface area contributed by atoms with Crippen molar-refractivity contribution in [3.8, 4) is 0 Å². The van der Waals surface area contributed by atoms with Crippen LogP contribution >= 0.6 is 22.6 Å². The molecule has 0 radical (unpaired) electrons. The predicted molar refractivity (Wildman–Crippen MR) is 128 cm³/mol. The van der Waals surface area contributed by atoms with Crippen LogP contribution in [0.3, 0.4) is 0 Å². The molecule has 7 nitrogen and oxygen atoms in total. The van der Waals surface area contributed by atoms with Crippen molar-refractivity contribution in [2.45, 2.75) is 26.3 Å². The summed E-state index contributed by atoms with van der Waals surface area (Å²) in [7, 11) is -4.11. The lowest BCUT2D eigenvalue weighted by molar-refractivity contribution is 0.250. The van der Waals surface area contributed by atoms with E-state index in [9.17, 15) is 21.6 Å². The van der Waals surface area contributed by atoms with E-state index in [1.54, 1.807) is 19.9 Å². The molecular weight excluding hydrogens is 560 g/mol. The molecule has 0 aliphatic rings. The van der Waals surface area contributed by atoms with Crippen LogP contribution in [-0.4, -0.2) is 50.1 Å². The number of nitrogens with zero attached hydrogens (tertiary/aromatic N) is 1. The van der Waals surface area contributed by atoms with Gasteiger partial charge in [-0.2, -0.15) is 12.7 Å². The quantitative estimate of drug-likeness (QED) is 0.225. The Kier molecular flexibility index (Phi) is 10.0. The van der Waals surface area contributed by atoms with Crippen LogP contribution in [0.2, 0.25) is 0 Å². The lowest BCUT2D eigenvalue weighted by Gasteiger charge is -2.23. The Balaban J connectivity index is 2.23. The van der Waals surface area contributed by atoms with Gasteiger partial charge >= 0.3 is 10.2 Å². The molecule has 12 heteroatoms. The van der Waals surface area contributed by atoms with Gasteiger partial charge in [0.05, 0.1) is 18.0 Å². The number of hydrogen-bond donors (Lipinski definition) is 4. The first kappa shape index (κ1) is 26.6. The van der Waals surface area contributed by atoms with Crippen LogP contribution in [-0.2, 0) is 10.2 Å². The Morgan fingerprint density at radius 1 is 1.12 bits per heavy atom. The molecule has 32 heavy (non-hydrogen) atoms. The fraction of sp³-hybridized carbons (Fsp3) is 0.400. The standard InChI is InChI=1S/C20H26F3IN4O3S/c1-3-28(10-4-9-25-13(2)12-29)32(30,31)27-18-8-6-15(21)19(23)20(18)26-17-7-5-14(24)11-16(17)22/h5-8,11,13,25-27,29H,3-4,9-10,12H2,1-2H3. The summed E-state index contributed by atoms with van der Waals surface area (Å²) in [5.41, 5.74) is -0.915. The number of aliphatic hydroxyl groups excluding tert-OH is 1. The maximum Gasteiger partial charge on any atom is 0.301 e. The van der Waals surface area contributed by atoms with Gasteiger partial charge in [0.25, 0.3) is 0 Å². The monoisotopic (exact) mass is 586 g/mol. The highest BCUT2D eigenvalue weighted by Gasteiger charge is 2.24. The summed E-state index contributed by atoms with van der Waals surface area (Å²) in [4.78, 5) is 0. The van der Waals surface area contributed by atoms with E-state index in [0.29, 0.717) is 16.5 Å². The first-order chi connectivity index (χ1) is 15.1. The predicted octanol–water partition coefficient (Wildman–Crippen LogP) is 3.79. The number of anilines is 3. The molecule has 1 atom stereocenters. The third kappa shape index (κ3) is 7.20. The van der Waals surface area contributed by atoms with Crippen molar-refractivity contribution in [2.24, 2.45) is 0 Å². The molecule has 4 N–H and O–H groups in total. The van der Waals surface area contributed by atoms with Gasteiger partial charge in [0, 0.05) is 22.7 Å². The Hall–Kier alpha value is -1.61. The molecule has 0 saturated heterocycles. The van der Waals surface area contributed by atoms with Crippen molar-refractivity contribution < 1.29 is 26.7 Å². The van der Waals surface area contributed by atoms with Crippen molar-refractivity contribution in [1.82, 2.24) is 9.62 Å². The molecule has 178 valence electrons. The van der Waals surface area contributed by atoms with Crippen molar-refractivity contribution in [1.29, 1.82) is 0 Å². The maximum absolute atomic E-state index is 14.5. The van der Waals surface area contributed by atoms with Crippen LogP contribution < -0.4 is 15.4 Å². The third-order valence-electron chi connectivity index (χ3n) is 4.57. The minimum absolute atomic E-state index is 0.0373. The van der Waals surface area contributed by atoms with E-state index in [-0.39, 0.29) is 37.1 Å². The average molecular weight is 586 g/mol. The van der Waals surface area contributed by atoms with Gasteiger partial charge in [-0.3, -0.25) is 4.72 Å². The molecule has 2 aromatic rings. The Bertz CT molecular complexity index is 1030. The largest absolute Gasteiger partial charge is 0.395 e. The van der Waals surface area contributed by atoms with Gasteiger partial charge in [0.1, 0.15) is 11.5 Å². The van der Waals surface area contributed by atoms with Gasteiger partial charge in [-0.15, -0.1) is 0 Å². The smallest absolute Gasteiger partial charge is 0.301 e. The van der Waals surface area contributed by atoms with Gasteiger partial charge < -0.3 is 15.7 Å². The number of halogens is 4. The Morgan fingerprint density at radius 2 is 1.81 bits per heavy atom. The lowest BCUT2D eigenvalue weighted by Crippen LogP contribution is -2.38. The third-order valence-corrected chi connectivity index (χ3v) is 6.84. The summed E-state index contributed by atoms with van der Waals surface area (Å²) in [6.45, 7) is 4.19. The Labute approximate surface area is 199 Å². The van der Waals surface area contributed by atoms with E-state index in [0.717, 1.165) is 16.4 Å². The molecule has 0 bridgehead atoms. The first-order valence-electron chi connectivity index (χ1n) is 9.91. The SMILES string of the molecule is CCN(CCCNC(C)CO)S(=O)(=O)Nc1ccc(F)c(F)c1Nc1ccc(I)cc1F. The van der Waals surface area contributed by atoms with Crippen molar-refractivity contribution in [3.05, 3.63) is 51.4 Å². The van der Waals surface area contributed by atoms with Crippen LogP contribution in [0.5, 0.6) is 0 Å². The van der Waals surface area contributed by atoms with Crippen LogP contribution in [0.4, 0.5) is 30.2 Å². The molecule has 0 amide bonds. The average Bonchev–Trinajstić information content (AvgIpc) is 2.74. The van der Waals surface area contributed by atoms with Gasteiger partial charge in [-0.1, -0.05) is 6.92 Å². The molecule has 2 aromatic carbocycles. The zero-order valence-corrected chi connectivity index (χ0v) is 20.6. The number of rotatable bonds is 12. The van der Waals surface area contributed by atoms with E-state index in [4.69, 9.17) is 5.11 Å². The van der Waals surface area contributed by atoms with Gasteiger partial charge in [0.2, 0.25) is 0 Å². The van der Waals surface area contributed by atoms with Gasteiger partial charge in [0.15, 0.2) is 11.6 Å². The summed E-state index contributed by atoms with van der Waals surface area (Å²) in [5, 5.41) is 14.5. The second kappa shape index (κ2) is 12.0. The summed E-state index contributed by atoms with van der Waals surface area (Å²) in [5.74, 6) is -3.25. The zero-order valence-electron chi connectivity index (χ0n) is 17.6. The van der Waals surface area contributed by atoms with E-state index in [1.807, 2.05) is 22.6 Å².